The first-order chi connectivity index (χ1) is 9.87. The molecule has 2 rings (SSSR count). The number of aliphatic hydroxyl groups excluding tert-OH is 1. The lowest BCUT2D eigenvalue weighted by atomic mass is 9.64. The number of benzene rings is 1. The standard InChI is InChI=1S/C15H23N3O3/c1-4-8-16-10-6-5-7-11(14(10)18(20)21)17-12-9-13(19)15(12,2)3/h5-7,12-13,16-17,19H,4,8-9H2,1-3H3. The summed E-state index contributed by atoms with van der Waals surface area (Å²) in [5, 5.41) is 27.5. The Bertz CT molecular complexity index is 531. The first-order valence-electron chi connectivity index (χ1n) is 7.33. The summed E-state index contributed by atoms with van der Waals surface area (Å²) in [6, 6.07) is 5.28. The van der Waals surface area contributed by atoms with Crippen molar-refractivity contribution in [1.29, 1.82) is 0 Å². The molecule has 1 aliphatic carbocycles. The molecule has 0 spiro atoms. The van der Waals surface area contributed by atoms with Crippen molar-refractivity contribution >= 4 is 17.1 Å². The molecule has 0 amide bonds. The average Bonchev–Trinajstić information content (AvgIpc) is 2.44. The summed E-state index contributed by atoms with van der Waals surface area (Å²) >= 11 is 0. The molecule has 2 unspecified atom stereocenters. The van der Waals surface area contributed by atoms with Gasteiger partial charge in [0, 0.05) is 18.0 Å². The minimum Gasteiger partial charge on any atom is -0.392 e. The first-order valence-corrected chi connectivity index (χ1v) is 7.33. The van der Waals surface area contributed by atoms with Gasteiger partial charge in [-0.3, -0.25) is 10.1 Å². The van der Waals surface area contributed by atoms with Crippen molar-refractivity contribution in [3.63, 3.8) is 0 Å². The van der Waals surface area contributed by atoms with Gasteiger partial charge in [0.15, 0.2) is 0 Å². The molecule has 0 aromatic heterocycles. The number of nitro groups is 1. The normalized spacial score (nSPS) is 23.2. The smallest absolute Gasteiger partial charge is 0.315 e. The fraction of sp³-hybridized carbons (Fsp3) is 0.600. The Kier molecular flexibility index (Phi) is 4.37. The highest BCUT2D eigenvalue weighted by atomic mass is 16.6. The Balaban J connectivity index is 2.25. The quantitative estimate of drug-likeness (QED) is 0.554. The van der Waals surface area contributed by atoms with Crippen molar-refractivity contribution in [2.45, 2.75) is 45.8 Å². The predicted octanol–water partition coefficient (Wildman–Crippen LogP) is 2.99. The molecule has 1 saturated carbocycles. The molecule has 116 valence electrons. The number of nitrogens with zero attached hydrogens (tertiary/aromatic N) is 1. The van der Waals surface area contributed by atoms with Gasteiger partial charge < -0.3 is 15.7 Å². The molecule has 0 aliphatic heterocycles. The molecule has 1 aliphatic rings. The van der Waals surface area contributed by atoms with Gasteiger partial charge in [-0.1, -0.05) is 26.8 Å². The number of para-hydroxylation sites is 1. The van der Waals surface area contributed by atoms with Crippen molar-refractivity contribution in [1.82, 2.24) is 0 Å². The molecule has 6 nitrogen and oxygen atoms in total. The summed E-state index contributed by atoms with van der Waals surface area (Å²) in [5.41, 5.74) is 0.833. The van der Waals surface area contributed by atoms with E-state index in [1.165, 1.54) is 0 Å². The highest BCUT2D eigenvalue weighted by Crippen LogP contribution is 2.44. The van der Waals surface area contributed by atoms with Crippen LogP contribution < -0.4 is 10.6 Å². The molecular weight excluding hydrogens is 270 g/mol. The Morgan fingerprint density at radius 2 is 2.10 bits per heavy atom. The second-order valence-corrected chi connectivity index (χ2v) is 6.16. The van der Waals surface area contributed by atoms with Gasteiger partial charge in [-0.05, 0) is 25.0 Å². The van der Waals surface area contributed by atoms with Crippen LogP contribution in [0.25, 0.3) is 0 Å². The van der Waals surface area contributed by atoms with Crippen LogP contribution >= 0.6 is 0 Å². The van der Waals surface area contributed by atoms with Crippen LogP contribution in [0.5, 0.6) is 0 Å². The predicted molar refractivity (Wildman–Crippen MR) is 83.7 cm³/mol. The molecule has 1 aromatic rings. The molecule has 6 heteroatoms. The maximum Gasteiger partial charge on any atom is 0.315 e. The Morgan fingerprint density at radius 3 is 2.62 bits per heavy atom. The van der Waals surface area contributed by atoms with Crippen molar-refractivity contribution in [2.75, 3.05) is 17.2 Å². The third-order valence-corrected chi connectivity index (χ3v) is 4.33. The molecule has 0 saturated heterocycles. The SMILES string of the molecule is CCCNc1cccc(NC2CC(O)C2(C)C)c1[N+](=O)[O-]. The Labute approximate surface area is 124 Å². The van der Waals surface area contributed by atoms with Crippen LogP contribution in [0, 0.1) is 15.5 Å². The third-order valence-electron chi connectivity index (χ3n) is 4.33. The topological polar surface area (TPSA) is 87.4 Å². The van der Waals surface area contributed by atoms with E-state index in [0.29, 0.717) is 24.3 Å². The van der Waals surface area contributed by atoms with Crippen molar-refractivity contribution < 1.29 is 10.0 Å². The number of hydrogen-bond donors (Lipinski definition) is 3. The Morgan fingerprint density at radius 1 is 1.43 bits per heavy atom. The number of nitrogens with one attached hydrogen (secondary N) is 2. The Hall–Kier alpha value is -1.82. The van der Waals surface area contributed by atoms with E-state index in [2.05, 4.69) is 10.6 Å². The van der Waals surface area contributed by atoms with Crippen LogP contribution in [0.2, 0.25) is 0 Å². The zero-order valence-electron chi connectivity index (χ0n) is 12.7. The number of hydrogen-bond acceptors (Lipinski definition) is 5. The van der Waals surface area contributed by atoms with Gasteiger partial charge in [0.05, 0.1) is 11.0 Å². The monoisotopic (exact) mass is 293 g/mol. The van der Waals surface area contributed by atoms with E-state index in [4.69, 9.17) is 0 Å². The van der Waals surface area contributed by atoms with Gasteiger partial charge in [0.25, 0.3) is 0 Å². The van der Waals surface area contributed by atoms with Gasteiger partial charge in [-0.25, -0.2) is 0 Å². The number of rotatable bonds is 6. The molecular formula is C15H23N3O3. The molecule has 3 N–H and O–H groups in total. The summed E-state index contributed by atoms with van der Waals surface area (Å²) in [7, 11) is 0. The highest BCUT2D eigenvalue weighted by molar-refractivity contribution is 5.76. The number of nitro benzene ring substituents is 1. The maximum absolute atomic E-state index is 11.4. The zero-order valence-corrected chi connectivity index (χ0v) is 12.7. The first kappa shape index (κ1) is 15.6. The van der Waals surface area contributed by atoms with E-state index in [0.717, 1.165) is 6.42 Å². The lowest BCUT2D eigenvalue weighted by Crippen LogP contribution is -2.56. The van der Waals surface area contributed by atoms with Crippen molar-refractivity contribution in [2.24, 2.45) is 5.41 Å². The van der Waals surface area contributed by atoms with Gasteiger partial charge in [0.1, 0.15) is 11.4 Å². The van der Waals surface area contributed by atoms with Gasteiger partial charge in [-0.2, -0.15) is 0 Å². The van der Waals surface area contributed by atoms with Gasteiger partial charge >= 0.3 is 5.69 Å². The lowest BCUT2D eigenvalue weighted by molar-refractivity contribution is -0.383. The molecule has 21 heavy (non-hydrogen) atoms. The molecule has 0 radical (unpaired) electrons. The number of anilines is 2. The van der Waals surface area contributed by atoms with E-state index in [1.54, 1.807) is 18.2 Å². The highest BCUT2D eigenvalue weighted by Gasteiger charge is 2.47. The molecule has 2 atom stereocenters. The minimum atomic E-state index is -0.365. The van der Waals surface area contributed by atoms with Gasteiger partial charge in [0.2, 0.25) is 0 Å². The van der Waals surface area contributed by atoms with E-state index in [1.807, 2.05) is 20.8 Å². The fourth-order valence-corrected chi connectivity index (χ4v) is 2.59. The van der Waals surface area contributed by atoms with E-state index < -0.39 is 0 Å². The average molecular weight is 293 g/mol. The summed E-state index contributed by atoms with van der Waals surface area (Å²) in [4.78, 5) is 11.0. The molecule has 1 fully saturated rings. The van der Waals surface area contributed by atoms with Gasteiger partial charge in [-0.15, -0.1) is 0 Å². The van der Waals surface area contributed by atoms with Crippen molar-refractivity contribution in [3.8, 4) is 0 Å². The second kappa shape index (κ2) is 5.89. The number of aliphatic hydroxyl groups is 1. The summed E-state index contributed by atoms with van der Waals surface area (Å²) < 4.78 is 0. The molecule has 0 heterocycles. The third kappa shape index (κ3) is 2.95. The largest absolute Gasteiger partial charge is 0.392 e. The van der Waals surface area contributed by atoms with Crippen LogP contribution in [0.4, 0.5) is 17.1 Å². The summed E-state index contributed by atoms with van der Waals surface area (Å²) in [5.74, 6) is 0. The maximum atomic E-state index is 11.4. The van der Waals surface area contributed by atoms with Crippen LogP contribution in [-0.2, 0) is 0 Å². The fourth-order valence-electron chi connectivity index (χ4n) is 2.59. The van der Waals surface area contributed by atoms with Crippen LogP contribution in [0.1, 0.15) is 33.6 Å². The van der Waals surface area contributed by atoms with E-state index in [9.17, 15) is 15.2 Å². The molecule has 1 aromatic carbocycles. The lowest BCUT2D eigenvalue weighted by Gasteiger charge is -2.49. The second-order valence-electron chi connectivity index (χ2n) is 6.16. The van der Waals surface area contributed by atoms with Crippen LogP contribution in [-0.4, -0.2) is 28.7 Å². The zero-order chi connectivity index (χ0) is 15.6. The van der Waals surface area contributed by atoms with Crippen LogP contribution in [0.15, 0.2) is 18.2 Å². The summed E-state index contributed by atoms with van der Waals surface area (Å²) in [6.45, 7) is 6.63. The van der Waals surface area contributed by atoms with Crippen LogP contribution in [0.3, 0.4) is 0 Å². The minimum absolute atomic E-state index is 0.0348. The van der Waals surface area contributed by atoms with Crippen molar-refractivity contribution in [3.05, 3.63) is 28.3 Å². The van der Waals surface area contributed by atoms with E-state index in [-0.39, 0.29) is 28.2 Å². The van der Waals surface area contributed by atoms with E-state index >= 15 is 0 Å². The molecule has 0 bridgehead atoms. The summed E-state index contributed by atoms with van der Waals surface area (Å²) in [6.07, 6.45) is 1.14.